The van der Waals surface area contributed by atoms with Gasteiger partial charge in [-0.3, -0.25) is 4.79 Å². The first-order chi connectivity index (χ1) is 19.6. The van der Waals surface area contributed by atoms with Crippen molar-refractivity contribution in [3.05, 3.63) is 47.8 Å². The maximum Gasteiger partial charge on any atom is 0.324 e. The summed E-state index contributed by atoms with van der Waals surface area (Å²) in [6.07, 6.45) is 3.94. The lowest BCUT2D eigenvalue weighted by molar-refractivity contribution is -0.125. The molecule has 1 amide bonds. The van der Waals surface area contributed by atoms with Gasteiger partial charge < -0.3 is 23.8 Å². The quantitative estimate of drug-likeness (QED) is 0.258. The van der Waals surface area contributed by atoms with Crippen molar-refractivity contribution in [1.29, 1.82) is 0 Å². The number of benzene rings is 1. The SMILES string of the molecule is CC(C)c1noc(N2CCC(CCOc3nc4ccc(-c5ccc(C6CN(C=O)CCO6)cc5)nc4s3)CC2)n1. The second-order valence-corrected chi connectivity index (χ2v) is 11.7. The van der Waals surface area contributed by atoms with Gasteiger partial charge in [0.15, 0.2) is 5.82 Å². The normalized spacial score (nSPS) is 18.5. The number of carbonyl (C=O) groups is 1. The molecule has 1 unspecified atom stereocenters. The van der Waals surface area contributed by atoms with E-state index < -0.39 is 0 Å². The molecule has 5 heterocycles. The lowest BCUT2D eigenvalue weighted by atomic mass is 9.94. The molecule has 10 nitrogen and oxygen atoms in total. The van der Waals surface area contributed by atoms with E-state index in [0.717, 1.165) is 71.8 Å². The van der Waals surface area contributed by atoms with Crippen LogP contribution in [-0.4, -0.2) is 70.8 Å². The topological polar surface area (TPSA) is 107 Å². The smallest absolute Gasteiger partial charge is 0.324 e. The zero-order valence-corrected chi connectivity index (χ0v) is 23.7. The summed E-state index contributed by atoms with van der Waals surface area (Å²) in [5.74, 6) is 1.63. The molecule has 1 atom stereocenters. The van der Waals surface area contributed by atoms with Gasteiger partial charge in [-0.2, -0.15) is 4.98 Å². The van der Waals surface area contributed by atoms with Crippen LogP contribution in [0, 0.1) is 5.92 Å². The van der Waals surface area contributed by atoms with Crippen LogP contribution in [0.2, 0.25) is 0 Å². The van der Waals surface area contributed by atoms with E-state index in [4.69, 9.17) is 19.0 Å². The van der Waals surface area contributed by atoms with E-state index in [1.54, 1.807) is 4.90 Å². The third-order valence-corrected chi connectivity index (χ3v) is 8.52. The molecule has 2 fully saturated rings. The monoisotopic (exact) mass is 562 g/mol. The van der Waals surface area contributed by atoms with Gasteiger partial charge in [0.25, 0.3) is 5.19 Å². The number of thiazole rings is 1. The number of aromatic nitrogens is 4. The average molecular weight is 563 g/mol. The van der Waals surface area contributed by atoms with Crippen molar-refractivity contribution in [2.24, 2.45) is 5.92 Å². The minimum atomic E-state index is -0.0968. The van der Waals surface area contributed by atoms with Crippen LogP contribution in [0.5, 0.6) is 5.19 Å². The number of anilines is 1. The summed E-state index contributed by atoms with van der Waals surface area (Å²) < 4.78 is 17.4. The van der Waals surface area contributed by atoms with Crippen LogP contribution in [0.25, 0.3) is 21.6 Å². The number of piperidine rings is 1. The molecule has 0 N–H and O–H groups in total. The molecular weight excluding hydrogens is 528 g/mol. The van der Waals surface area contributed by atoms with E-state index in [9.17, 15) is 4.79 Å². The Labute approximate surface area is 237 Å². The Morgan fingerprint density at radius 1 is 1.07 bits per heavy atom. The molecule has 0 radical (unpaired) electrons. The molecule has 4 aromatic rings. The van der Waals surface area contributed by atoms with Crippen LogP contribution in [0.15, 0.2) is 40.9 Å². The number of rotatable bonds is 9. The van der Waals surface area contributed by atoms with Gasteiger partial charge in [0.2, 0.25) is 6.41 Å². The minimum Gasteiger partial charge on any atom is -0.470 e. The Morgan fingerprint density at radius 2 is 1.90 bits per heavy atom. The van der Waals surface area contributed by atoms with Crippen LogP contribution < -0.4 is 9.64 Å². The fraction of sp³-hybridized carbons (Fsp3) is 0.483. The number of hydrogen-bond donors (Lipinski definition) is 0. The van der Waals surface area contributed by atoms with Gasteiger partial charge in [0.05, 0.1) is 25.5 Å². The van der Waals surface area contributed by atoms with E-state index in [1.165, 1.54) is 11.3 Å². The number of ether oxygens (including phenoxy) is 2. The summed E-state index contributed by atoms with van der Waals surface area (Å²) in [5, 5.41) is 4.75. The summed E-state index contributed by atoms with van der Waals surface area (Å²) in [5.41, 5.74) is 3.82. The largest absolute Gasteiger partial charge is 0.470 e. The highest BCUT2D eigenvalue weighted by atomic mass is 32.1. The van der Waals surface area contributed by atoms with Gasteiger partial charge in [0.1, 0.15) is 16.5 Å². The highest BCUT2D eigenvalue weighted by molar-refractivity contribution is 7.19. The number of amides is 1. The Morgan fingerprint density at radius 3 is 2.65 bits per heavy atom. The fourth-order valence-corrected chi connectivity index (χ4v) is 5.98. The van der Waals surface area contributed by atoms with Gasteiger partial charge in [-0.1, -0.05) is 54.6 Å². The number of morpholine rings is 1. The fourth-order valence-electron chi connectivity index (χ4n) is 5.17. The van der Waals surface area contributed by atoms with E-state index in [1.807, 2.05) is 12.1 Å². The van der Waals surface area contributed by atoms with Crippen LogP contribution >= 0.6 is 11.3 Å². The summed E-state index contributed by atoms with van der Waals surface area (Å²) in [6, 6.07) is 12.8. The van der Waals surface area contributed by atoms with E-state index in [2.05, 4.69) is 58.1 Å². The molecule has 1 aromatic carbocycles. The minimum absolute atomic E-state index is 0.0968. The zero-order valence-electron chi connectivity index (χ0n) is 22.9. The van der Waals surface area contributed by atoms with E-state index in [0.29, 0.717) is 43.4 Å². The van der Waals surface area contributed by atoms with Crippen molar-refractivity contribution in [1.82, 2.24) is 25.0 Å². The highest BCUT2D eigenvalue weighted by Gasteiger charge is 2.24. The Bertz CT molecular complexity index is 1430. The molecule has 11 heteroatoms. The first-order valence-electron chi connectivity index (χ1n) is 14.0. The molecule has 210 valence electrons. The third-order valence-electron chi connectivity index (χ3n) is 7.65. The molecule has 0 bridgehead atoms. The van der Waals surface area contributed by atoms with Crippen LogP contribution in [-0.2, 0) is 9.53 Å². The van der Waals surface area contributed by atoms with Gasteiger partial charge in [-0.15, -0.1) is 0 Å². The van der Waals surface area contributed by atoms with Crippen molar-refractivity contribution in [3.63, 3.8) is 0 Å². The predicted molar refractivity (Wildman–Crippen MR) is 153 cm³/mol. The number of hydrogen-bond acceptors (Lipinski definition) is 10. The van der Waals surface area contributed by atoms with E-state index in [-0.39, 0.29) is 12.0 Å². The maximum atomic E-state index is 11.1. The second-order valence-electron chi connectivity index (χ2n) is 10.7. The second kappa shape index (κ2) is 11.9. The maximum absolute atomic E-state index is 11.1. The summed E-state index contributed by atoms with van der Waals surface area (Å²) in [6.45, 7) is 8.39. The molecule has 6 rings (SSSR count). The van der Waals surface area contributed by atoms with Crippen LogP contribution in [0.1, 0.15) is 56.5 Å². The number of carbonyl (C=O) groups excluding carboxylic acids is 1. The van der Waals surface area contributed by atoms with Gasteiger partial charge in [-0.05, 0) is 42.9 Å². The zero-order chi connectivity index (χ0) is 27.5. The number of pyridine rings is 1. The summed E-state index contributed by atoms with van der Waals surface area (Å²) in [4.78, 5) is 29.9. The lowest BCUT2D eigenvalue weighted by Gasteiger charge is -2.30. The van der Waals surface area contributed by atoms with Gasteiger partial charge in [0, 0.05) is 31.1 Å². The van der Waals surface area contributed by atoms with Crippen molar-refractivity contribution in [3.8, 4) is 16.5 Å². The van der Waals surface area contributed by atoms with Crippen molar-refractivity contribution >= 4 is 34.1 Å². The molecule has 40 heavy (non-hydrogen) atoms. The Hall–Kier alpha value is -3.57. The number of nitrogens with zero attached hydrogens (tertiary/aromatic N) is 6. The van der Waals surface area contributed by atoms with Crippen molar-refractivity contribution < 1.29 is 18.8 Å². The van der Waals surface area contributed by atoms with Crippen molar-refractivity contribution in [2.45, 2.75) is 45.1 Å². The van der Waals surface area contributed by atoms with Crippen LogP contribution in [0.4, 0.5) is 6.01 Å². The highest BCUT2D eigenvalue weighted by Crippen LogP contribution is 2.31. The summed E-state index contributed by atoms with van der Waals surface area (Å²) >= 11 is 1.48. The molecular formula is C29H34N6O4S. The third kappa shape index (κ3) is 5.95. The molecule has 0 saturated carbocycles. The molecule has 2 saturated heterocycles. The molecule has 0 spiro atoms. The standard InChI is InChI=1S/C29H34N6O4S/c1-19(2)26-32-28(39-33-26)35-12-9-20(10-13-35)11-15-38-29-31-24-8-7-23(30-27(24)40-29)21-3-5-22(6-4-21)25-17-34(18-36)14-16-37-25/h3-8,18-20,25H,9-17H2,1-2H3. The predicted octanol–water partition coefficient (Wildman–Crippen LogP) is 5.08. The van der Waals surface area contributed by atoms with Crippen molar-refractivity contribution in [2.75, 3.05) is 44.3 Å². The lowest BCUT2D eigenvalue weighted by Crippen LogP contribution is -2.37. The molecule has 2 aliphatic heterocycles. The molecule has 3 aromatic heterocycles. The van der Waals surface area contributed by atoms with Crippen LogP contribution in [0.3, 0.4) is 0 Å². The first-order valence-corrected chi connectivity index (χ1v) is 14.8. The van der Waals surface area contributed by atoms with E-state index >= 15 is 0 Å². The number of fused-ring (bicyclic) bond motifs is 1. The van der Waals surface area contributed by atoms with Gasteiger partial charge >= 0.3 is 6.01 Å². The van der Waals surface area contributed by atoms with Gasteiger partial charge in [-0.25, -0.2) is 9.97 Å². The Kier molecular flexibility index (Phi) is 7.92. The molecule has 0 aliphatic carbocycles. The average Bonchev–Trinajstić information content (AvgIpc) is 3.65. The molecule has 2 aliphatic rings. The Balaban J connectivity index is 1.01. The first kappa shape index (κ1) is 26.6. The summed E-state index contributed by atoms with van der Waals surface area (Å²) in [7, 11) is 0.